The Morgan fingerprint density at radius 1 is 1.25 bits per heavy atom. The van der Waals surface area contributed by atoms with Gasteiger partial charge in [0.2, 0.25) is 0 Å². The molecule has 10 nitrogen and oxygen atoms in total. The molecular weight excluding hydrogens is 434 g/mol. The van der Waals surface area contributed by atoms with Gasteiger partial charge in [0.15, 0.2) is 5.69 Å². The first-order valence-corrected chi connectivity index (χ1v) is 10.3. The quantitative estimate of drug-likeness (QED) is 0.444. The first-order chi connectivity index (χ1) is 15.5. The number of methoxy groups -OCH3 is 1. The molecule has 0 bridgehead atoms. The number of ether oxygens (including phenoxy) is 2. The summed E-state index contributed by atoms with van der Waals surface area (Å²) in [6.45, 7) is 1.81. The second kappa shape index (κ2) is 8.94. The molecule has 1 aromatic carbocycles. The topological polar surface area (TPSA) is 125 Å². The average Bonchev–Trinajstić information content (AvgIpc) is 3.24. The molecule has 0 aliphatic heterocycles. The molecule has 0 unspecified atom stereocenters. The van der Waals surface area contributed by atoms with Crippen LogP contribution in [0.5, 0.6) is 5.75 Å². The maximum Gasteiger partial charge on any atom is 0.359 e. The van der Waals surface area contributed by atoms with Crippen molar-refractivity contribution in [2.24, 2.45) is 0 Å². The fourth-order valence-electron chi connectivity index (χ4n) is 2.99. The summed E-state index contributed by atoms with van der Waals surface area (Å²) in [6.07, 6.45) is 4.15. The number of amides is 1. The largest absolute Gasteiger partial charge is 0.497 e. The molecule has 1 amide bonds. The minimum absolute atomic E-state index is 0.0412. The number of thiophene rings is 1. The van der Waals surface area contributed by atoms with E-state index >= 15 is 0 Å². The Bertz CT molecular complexity index is 1370. The molecule has 0 fully saturated rings. The van der Waals surface area contributed by atoms with Gasteiger partial charge in [-0.2, -0.15) is 9.78 Å². The molecule has 0 aliphatic rings. The Labute approximate surface area is 185 Å². The van der Waals surface area contributed by atoms with E-state index in [4.69, 9.17) is 9.47 Å². The van der Waals surface area contributed by atoms with Gasteiger partial charge in [-0.3, -0.25) is 14.6 Å². The number of hydrogen-bond acceptors (Lipinski definition) is 9. The third-order valence-electron chi connectivity index (χ3n) is 4.44. The van der Waals surface area contributed by atoms with E-state index < -0.39 is 17.4 Å². The number of carbonyl (C=O) groups excluding carboxylic acids is 2. The number of nitrogens with one attached hydrogen (secondary N) is 1. The van der Waals surface area contributed by atoms with Gasteiger partial charge in [-0.15, -0.1) is 11.3 Å². The van der Waals surface area contributed by atoms with Crippen molar-refractivity contribution in [1.82, 2.24) is 19.7 Å². The zero-order valence-corrected chi connectivity index (χ0v) is 17.9. The molecule has 3 aromatic heterocycles. The highest BCUT2D eigenvalue weighted by atomic mass is 32.1. The van der Waals surface area contributed by atoms with Crippen LogP contribution in [0.3, 0.4) is 0 Å². The molecule has 0 radical (unpaired) electrons. The van der Waals surface area contributed by atoms with Crippen molar-refractivity contribution in [3.05, 3.63) is 70.0 Å². The Kier molecular flexibility index (Phi) is 5.90. The molecule has 1 N–H and O–H groups in total. The lowest BCUT2D eigenvalue weighted by atomic mass is 10.2. The fourth-order valence-corrected chi connectivity index (χ4v) is 3.92. The molecule has 11 heteroatoms. The van der Waals surface area contributed by atoms with Crippen LogP contribution in [0.4, 0.5) is 5.00 Å². The van der Waals surface area contributed by atoms with E-state index in [0.29, 0.717) is 11.4 Å². The first kappa shape index (κ1) is 21.1. The van der Waals surface area contributed by atoms with E-state index in [2.05, 4.69) is 20.4 Å². The van der Waals surface area contributed by atoms with Crippen molar-refractivity contribution in [2.45, 2.75) is 6.92 Å². The summed E-state index contributed by atoms with van der Waals surface area (Å²) in [5, 5.41) is 9.19. The zero-order chi connectivity index (χ0) is 22.7. The maximum atomic E-state index is 13.4. The van der Waals surface area contributed by atoms with Gasteiger partial charge in [0.25, 0.3) is 11.5 Å². The Morgan fingerprint density at radius 3 is 2.81 bits per heavy atom. The van der Waals surface area contributed by atoms with Crippen molar-refractivity contribution in [3.63, 3.8) is 0 Å². The maximum absolute atomic E-state index is 13.4. The Morgan fingerprint density at radius 2 is 2.09 bits per heavy atom. The molecule has 0 aliphatic carbocycles. The molecule has 4 aromatic rings. The van der Waals surface area contributed by atoms with Crippen molar-refractivity contribution < 1.29 is 19.1 Å². The van der Waals surface area contributed by atoms with Gasteiger partial charge >= 0.3 is 5.97 Å². The van der Waals surface area contributed by atoms with Gasteiger partial charge in [-0.05, 0) is 19.1 Å². The molecular formula is C21H17N5O5S. The van der Waals surface area contributed by atoms with Crippen LogP contribution in [-0.2, 0) is 4.74 Å². The van der Waals surface area contributed by atoms with Crippen molar-refractivity contribution in [1.29, 1.82) is 0 Å². The summed E-state index contributed by atoms with van der Waals surface area (Å²) in [5.74, 6) is -0.710. The molecule has 32 heavy (non-hydrogen) atoms. The molecule has 4 rings (SSSR count). The minimum atomic E-state index is -0.682. The smallest absolute Gasteiger partial charge is 0.359 e. The second-order valence-electron chi connectivity index (χ2n) is 6.39. The highest BCUT2D eigenvalue weighted by molar-refractivity contribution is 7.16. The summed E-state index contributed by atoms with van der Waals surface area (Å²) in [7, 11) is 1.50. The summed E-state index contributed by atoms with van der Waals surface area (Å²) in [6, 6.07) is 6.68. The van der Waals surface area contributed by atoms with Gasteiger partial charge in [0, 0.05) is 29.2 Å². The van der Waals surface area contributed by atoms with Crippen LogP contribution in [-0.4, -0.2) is 45.3 Å². The van der Waals surface area contributed by atoms with Gasteiger partial charge in [0.1, 0.15) is 16.4 Å². The standard InChI is InChI=1S/C21H17N5O5S/c1-3-31-21(29)17-14-11-32-19(24-18(27)15-10-22-7-8-23-15)16(14)20(28)26(25-17)12-5-4-6-13(9-12)30-2/h4-11H,3H2,1-2H3,(H,24,27). The van der Waals surface area contributed by atoms with Crippen LogP contribution in [0, 0.1) is 0 Å². The van der Waals surface area contributed by atoms with Crippen molar-refractivity contribution in [2.75, 3.05) is 19.0 Å². The lowest BCUT2D eigenvalue weighted by Gasteiger charge is -2.10. The van der Waals surface area contributed by atoms with Crippen LogP contribution < -0.4 is 15.6 Å². The number of benzene rings is 1. The number of carbonyl (C=O) groups is 2. The lowest BCUT2D eigenvalue weighted by molar-refractivity contribution is 0.0520. The molecule has 162 valence electrons. The van der Waals surface area contributed by atoms with Crippen LogP contribution >= 0.6 is 11.3 Å². The van der Waals surface area contributed by atoms with Crippen LogP contribution in [0.1, 0.15) is 27.9 Å². The number of aromatic nitrogens is 4. The highest BCUT2D eigenvalue weighted by Crippen LogP contribution is 2.31. The third kappa shape index (κ3) is 3.93. The number of nitrogens with zero attached hydrogens (tertiary/aromatic N) is 4. The number of anilines is 1. The first-order valence-electron chi connectivity index (χ1n) is 9.47. The molecule has 0 saturated carbocycles. The monoisotopic (exact) mass is 451 g/mol. The van der Waals surface area contributed by atoms with Gasteiger partial charge < -0.3 is 14.8 Å². The summed E-state index contributed by atoms with van der Waals surface area (Å²) in [5.41, 5.74) is -0.0847. The van der Waals surface area contributed by atoms with E-state index in [0.717, 1.165) is 16.0 Å². The van der Waals surface area contributed by atoms with Crippen molar-refractivity contribution >= 4 is 39.0 Å². The van der Waals surface area contributed by atoms with E-state index in [9.17, 15) is 14.4 Å². The number of fused-ring (bicyclic) bond motifs is 1. The second-order valence-corrected chi connectivity index (χ2v) is 7.27. The van der Waals surface area contributed by atoms with Gasteiger partial charge in [-0.25, -0.2) is 9.78 Å². The van der Waals surface area contributed by atoms with E-state index in [1.807, 2.05) is 0 Å². The predicted octanol–water partition coefficient (Wildman–Crippen LogP) is 2.67. The molecule has 0 saturated heterocycles. The number of hydrogen-bond donors (Lipinski definition) is 1. The van der Waals surface area contributed by atoms with Crippen LogP contribution in [0.15, 0.2) is 53.0 Å². The normalized spacial score (nSPS) is 10.7. The Hall–Kier alpha value is -4.12. The third-order valence-corrected chi connectivity index (χ3v) is 5.34. The molecule has 0 spiro atoms. The van der Waals surface area contributed by atoms with E-state index in [-0.39, 0.29) is 33.8 Å². The minimum Gasteiger partial charge on any atom is -0.497 e. The predicted molar refractivity (Wildman–Crippen MR) is 118 cm³/mol. The van der Waals surface area contributed by atoms with Gasteiger partial charge in [-0.1, -0.05) is 6.07 Å². The summed E-state index contributed by atoms with van der Waals surface area (Å²) < 4.78 is 11.4. The zero-order valence-electron chi connectivity index (χ0n) is 17.1. The average molecular weight is 451 g/mol. The van der Waals surface area contributed by atoms with Gasteiger partial charge in [0.05, 0.1) is 31.0 Å². The fraction of sp³-hybridized carbons (Fsp3) is 0.143. The highest BCUT2D eigenvalue weighted by Gasteiger charge is 2.23. The summed E-state index contributed by atoms with van der Waals surface area (Å²) in [4.78, 5) is 46.4. The molecule has 3 heterocycles. The SMILES string of the molecule is CCOC(=O)c1nn(-c2cccc(OC)c2)c(=O)c2c(NC(=O)c3cnccn3)scc12. The van der Waals surface area contributed by atoms with Crippen LogP contribution in [0.2, 0.25) is 0 Å². The number of esters is 1. The van der Waals surface area contributed by atoms with E-state index in [1.54, 1.807) is 36.6 Å². The summed E-state index contributed by atoms with van der Waals surface area (Å²) >= 11 is 1.10. The van der Waals surface area contributed by atoms with Crippen molar-refractivity contribution in [3.8, 4) is 11.4 Å². The Balaban J connectivity index is 1.90. The lowest BCUT2D eigenvalue weighted by Crippen LogP contribution is -2.25. The number of rotatable bonds is 6. The van der Waals surface area contributed by atoms with Crippen LogP contribution in [0.25, 0.3) is 16.5 Å². The van der Waals surface area contributed by atoms with E-state index in [1.165, 1.54) is 25.7 Å². The molecule has 0 atom stereocenters.